The fraction of sp³-hybridized carbons (Fsp3) is 0.786. The van der Waals surface area contributed by atoms with Gasteiger partial charge in [-0.3, -0.25) is 9.58 Å². The van der Waals surface area contributed by atoms with Crippen molar-refractivity contribution in [3.8, 4) is 0 Å². The van der Waals surface area contributed by atoms with Gasteiger partial charge in [0.05, 0.1) is 17.5 Å². The van der Waals surface area contributed by atoms with Crippen molar-refractivity contribution in [2.24, 2.45) is 18.9 Å². The van der Waals surface area contributed by atoms with Gasteiger partial charge in [-0.25, -0.2) is 0 Å². The van der Waals surface area contributed by atoms with Crippen molar-refractivity contribution < 1.29 is 5.11 Å². The second-order valence-corrected chi connectivity index (χ2v) is 5.87. The van der Waals surface area contributed by atoms with Gasteiger partial charge in [0.2, 0.25) is 0 Å². The molecule has 4 heteroatoms. The van der Waals surface area contributed by atoms with E-state index in [4.69, 9.17) is 0 Å². The van der Waals surface area contributed by atoms with Crippen molar-refractivity contribution in [3.63, 3.8) is 0 Å². The molecular weight excluding hydrogens is 226 g/mol. The first kappa shape index (κ1) is 12.2. The highest BCUT2D eigenvalue weighted by Crippen LogP contribution is 2.38. The Labute approximate surface area is 109 Å². The lowest BCUT2D eigenvalue weighted by molar-refractivity contribution is 0.123. The number of fused-ring (bicyclic) bond motifs is 1. The van der Waals surface area contributed by atoms with E-state index in [9.17, 15) is 5.11 Å². The van der Waals surface area contributed by atoms with Crippen LogP contribution < -0.4 is 0 Å². The monoisotopic (exact) mass is 249 g/mol. The van der Waals surface area contributed by atoms with Crippen LogP contribution >= 0.6 is 0 Å². The highest BCUT2D eigenvalue weighted by Gasteiger charge is 2.41. The number of aliphatic hydroxyl groups excluding tert-OH is 1. The lowest BCUT2D eigenvalue weighted by Crippen LogP contribution is -2.25. The van der Waals surface area contributed by atoms with E-state index in [0.29, 0.717) is 5.92 Å². The zero-order chi connectivity index (χ0) is 12.7. The van der Waals surface area contributed by atoms with E-state index in [-0.39, 0.29) is 6.10 Å². The first-order chi connectivity index (χ1) is 8.67. The first-order valence-electron chi connectivity index (χ1n) is 7.09. The summed E-state index contributed by atoms with van der Waals surface area (Å²) in [4.78, 5) is 2.48. The summed E-state index contributed by atoms with van der Waals surface area (Å²) in [5, 5.41) is 14.4. The van der Waals surface area contributed by atoms with Gasteiger partial charge in [-0.15, -0.1) is 0 Å². The molecule has 100 valence electrons. The predicted molar refractivity (Wildman–Crippen MR) is 70.1 cm³/mol. The van der Waals surface area contributed by atoms with Gasteiger partial charge in [-0.1, -0.05) is 6.92 Å². The molecule has 0 aromatic carbocycles. The Bertz CT molecular complexity index is 429. The Kier molecular flexibility index (Phi) is 3.16. The van der Waals surface area contributed by atoms with E-state index in [1.807, 2.05) is 11.7 Å². The highest BCUT2D eigenvalue weighted by molar-refractivity contribution is 5.10. The van der Waals surface area contributed by atoms with E-state index in [0.717, 1.165) is 38.4 Å². The van der Waals surface area contributed by atoms with Crippen LogP contribution in [0.15, 0.2) is 6.07 Å². The minimum Gasteiger partial charge on any atom is -0.393 e. The molecule has 1 aliphatic carbocycles. The molecular formula is C14H23N3O. The van der Waals surface area contributed by atoms with E-state index in [2.05, 4.69) is 23.0 Å². The fourth-order valence-corrected chi connectivity index (χ4v) is 3.58. The van der Waals surface area contributed by atoms with Crippen LogP contribution in [0.5, 0.6) is 0 Å². The van der Waals surface area contributed by atoms with Crippen molar-refractivity contribution >= 4 is 0 Å². The normalized spacial score (nSPS) is 32.1. The van der Waals surface area contributed by atoms with E-state index in [1.54, 1.807) is 0 Å². The molecule has 0 amide bonds. The van der Waals surface area contributed by atoms with Crippen LogP contribution in [0.25, 0.3) is 0 Å². The second kappa shape index (κ2) is 4.67. The van der Waals surface area contributed by atoms with Crippen LogP contribution in [0.3, 0.4) is 0 Å². The lowest BCUT2D eigenvalue weighted by Gasteiger charge is -2.17. The van der Waals surface area contributed by atoms with Crippen molar-refractivity contribution in [2.75, 3.05) is 13.1 Å². The van der Waals surface area contributed by atoms with Gasteiger partial charge in [0.1, 0.15) is 0 Å². The van der Waals surface area contributed by atoms with Crippen molar-refractivity contribution in [1.82, 2.24) is 14.7 Å². The molecule has 3 unspecified atom stereocenters. The van der Waals surface area contributed by atoms with E-state index < -0.39 is 0 Å². The average molecular weight is 249 g/mol. The summed E-state index contributed by atoms with van der Waals surface area (Å²) in [7, 11) is 2.03. The Balaban J connectivity index is 1.65. The summed E-state index contributed by atoms with van der Waals surface area (Å²) in [6.45, 7) is 5.32. The third kappa shape index (κ3) is 2.08. The number of aliphatic hydroxyl groups is 1. The molecule has 0 radical (unpaired) electrons. The van der Waals surface area contributed by atoms with Gasteiger partial charge in [-0.05, 0) is 31.2 Å². The van der Waals surface area contributed by atoms with E-state index >= 15 is 0 Å². The average Bonchev–Trinajstić information content (AvgIpc) is 2.99. The summed E-state index contributed by atoms with van der Waals surface area (Å²) in [6, 6.07) is 2.21. The maximum Gasteiger partial charge on any atom is 0.0625 e. The van der Waals surface area contributed by atoms with Crippen LogP contribution in [0, 0.1) is 11.8 Å². The molecule has 0 spiro atoms. The molecule has 1 N–H and O–H groups in total. The molecule has 2 fully saturated rings. The Morgan fingerprint density at radius 3 is 2.89 bits per heavy atom. The van der Waals surface area contributed by atoms with Gasteiger partial charge in [0, 0.05) is 32.6 Å². The van der Waals surface area contributed by atoms with Crippen LogP contribution in [0.4, 0.5) is 0 Å². The molecule has 3 rings (SSSR count). The summed E-state index contributed by atoms with van der Waals surface area (Å²) in [6.07, 6.45) is 3.15. The smallest absolute Gasteiger partial charge is 0.0625 e. The SMILES string of the molecule is CCc1cc(CN2CC3CCC(O)C3C2)n(C)n1. The van der Waals surface area contributed by atoms with Crippen LogP contribution in [-0.4, -0.2) is 39.0 Å². The Morgan fingerprint density at radius 2 is 2.22 bits per heavy atom. The third-order valence-electron chi connectivity index (χ3n) is 4.67. The maximum absolute atomic E-state index is 9.94. The number of rotatable bonds is 3. The Hall–Kier alpha value is -0.870. The number of nitrogens with zero attached hydrogens (tertiary/aromatic N) is 3. The molecule has 1 saturated carbocycles. The van der Waals surface area contributed by atoms with E-state index in [1.165, 1.54) is 17.8 Å². The van der Waals surface area contributed by atoms with Gasteiger partial charge < -0.3 is 5.11 Å². The summed E-state index contributed by atoms with van der Waals surface area (Å²) in [5.41, 5.74) is 2.47. The van der Waals surface area contributed by atoms with Crippen molar-refractivity contribution in [1.29, 1.82) is 0 Å². The van der Waals surface area contributed by atoms with Gasteiger partial charge in [0.15, 0.2) is 0 Å². The molecule has 1 saturated heterocycles. The molecule has 2 heterocycles. The lowest BCUT2D eigenvalue weighted by atomic mass is 10.00. The number of hydrogen-bond donors (Lipinski definition) is 1. The zero-order valence-corrected chi connectivity index (χ0v) is 11.3. The molecule has 4 nitrogen and oxygen atoms in total. The fourth-order valence-electron chi connectivity index (χ4n) is 3.58. The molecule has 3 atom stereocenters. The molecule has 1 aromatic rings. The first-order valence-corrected chi connectivity index (χ1v) is 7.09. The van der Waals surface area contributed by atoms with Crippen molar-refractivity contribution in [3.05, 3.63) is 17.5 Å². The standard InChI is InChI=1S/C14H23N3O/c1-3-11-6-12(16(2)15-11)8-17-7-10-4-5-14(18)13(10)9-17/h6,10,13-14,18H,3-5,7-9H2,1-2H3. The number of aromatic nitrogens is 2. The minimum atomic E-state index is -0.0576. The number of aryl methyl sites for hydroxylation is 2. The van der Waals surface area contributed by atoms with Crippen molar-refractivity contribution in [2.45, 2.75) is 38.8 Å². The zero-order valence-electron chi connectivity index (χ0n) is 11.3. The second-order valence-electron chi connectivity index (χ2n) is 5.87. The predicted octanol–water partition coefficient (Wildman–Crippen LogP) is 1.19. The van der Waals surface area contributed by atoms with Gasteiger partial charge >= 0.3 is 0 Å². The summed E-state index contributed by atoms with van der Waals surface area (Å²) >= 11 is 0. The number of hydrogen-bond acceptors (Lipinski definition) is 3. The maximum atomic E-state index is 9.94. The highest BCUT2D eigenvalue weighted by atomic mass is 16.3. The summed E-state index contributed by atoms with van der Waals surface area (Å²) in [5.74, 6) is 1.24. The third-order valence-corrected chi connectivity index (χ3v) is 4.67. The van der Waals surface area contributed by atoms with Crippen LogP contribution in [0.2, 0.25) is 0 Å². The van der Waals surface area contributed by atoms with Gasteiger partial charge in [-0.2, -0.15) is 5.10 Å². The minimum absolute atomic E-state index is 0.0576. The van der Waals surface area contributed by atoms with Crippen LogP contribution in [0.1, 0.15) is 31.2 Å². The molecule has 1 aliphatic heterocycles. The Morgan fingerprint density at radius 1 is 1.39 bits per heavy atom. The van der Waals surface area contributed by atoms with Crippen LogP contribution in [-0.2, 0) is 20.0 Å². The summed E-state index contributed by atoms with van der Waals surface area (Å²) < 4.78 is 2.00. The molecule has 0 bridgehead atoms. The topological polar surface area (TPSA) is 41.3 Å². The largest absolute Gasteiger partial charge is 0.393 e. The molecule has 18 heavy (non-hydrogen) atoms. The molecule has 1 aromatic heterocycles. The van der Waals surface area contributed by atoms with Gasteiger partial charge in [0.25, 0.3) is 0 Å². The molecule has 2 aliphatic rings. The number of likely N-dealkylation sites (tertiary alicyclic amines) is 1. The quantitative estimate of drug-likeness (QED) is 0.875.